The van der Waals surface area contributed by atoms with Crippen LogP contribution in [-0.2, 0) is 21.9 Å². The van der Waals surface area contributed by atoms with Crippen LogP contribution >= 0.6 is 0 Å². The van der Waals surface area contributed by atoms with Gasteiger partial charge in [0.1, 0.15) is 6.07 Å². The molecule has 164 valence electrons. The molecule has 0 bridgehead atoms. The highest BCUT2D eigenvalue weighted by Gasteiger charge is 2.34. The molecule has 2 aliphatic rings. The number of aromatic nitrogens is 1. The van der Waals surface area contributed by atoms with Gasteiger partial charge in [-0.1, -0.05) is 12.1 Å². The Hall–Kier alpha value is -2.67. The van der Waals surface area contributed by atoms with Gasteiger partial charge in [0.15, 0.2) is 0 Å². The topological polar surface area (TPSA) is 89.7 Å². The number of hydrogen-bond acceptors (Lipinski definition) is 5. The molecule has 1 aromatic heterocycles. The van der Waals surface area contributed by atoms with E-state index in [-0.39, 0.29) is 35.5 Å². The van der Waals surface area contributed by atoms with Crippen molar-refractivity contribution < 1.29 is 13.2 Å². The Kier molecular flexibility index (Phi) is 6.14. The van der Waals surface area contributed by atoms with Gasteiger partial charge in [-0.15, -0.1) is 0 Å². The lowest BCUT2D eigenvalue weighted by molar-refractivity contribution is -0.133. The van der Waals surface area contributed by atoms with E-state index in [4.69, 9.17) is 0 Å². The summed E-state index contributed by atoms with van der Waals surface area (Å²) >= 11 is 0. The van der Waals surface area contributed by atoms with Crippen molar-refractivity contribution in [2.45, 2.75) is 23.8 Å². The number of aryl methyl sites for hydroxylation is 1. The molecule has 8 nitrogen and oxygen atoms in total. The molecule has 0 spiro atoms. The lowest BCUT2D eigenvalue weighted by Gasteiger charge is -2.35. The molecule has 0 aliphatic carbocycles. The summed E-state index contributed by atoms with van der Waals surface area (Å²) in [6, 6.07) is 12.6. The van der Waals surface area contributed by atoms with Crippen LogP contribution in [-0.4, -0.2) is 72.3 Å². The quantitative estimate of drug-likeness (QED) is 0.703. The number of carbonyl (C=O) groups excluding carboxylic acids is 1. The van der Waals surface area contributed by atoms with E-state index in [1.807, 2.05) is 25.4 Å². The van der Waals surface area contributed by atoms with Crippen molar-refractivity contribution in [2.75, 3.05) is 39.3 Å². The summed E-state index contributed by atoms with van der Waals surface area (Å²) in [5.41, 5.74) is 1.36. The van der Waals surface area contributed by atoms with E-state index in [0.717, 1.165) is 19.4 Å². The first-order valence-corrected chi connectivity index (χ1v) is 12.0. The van der Waals surface area contributed by atoms with E-state index in [0.29, 0.717) is 19.6 Å². The van der Waals surface area contributed by atoms with Crippen LogP contribution in [0.4, 0.5) is 0 Å². The fourth-order valence-electron chi connectivity index (χ4n) is 4.55. The number of nitrogens with zero attached hydrogens (tertiary/aromatic N) is 5. The normalized spacial score (nSPS) is 20.6. The molecule has 0 radical (unpaired) electrons. The Balaban J connectivity index is 1.38. The Morgan fingerprint density at radius 2 is 1.84 bits per heavy atom. The van der Waals surface area contributed by atoms with Gasteiger partial charge in [-0.05, 0) is 43.7 Å². The maximum absolute atomic E-state index is 13.0. The third kappa shape index (κ3) is 4.24. The maximum atomic E-state index is 13.0. The van der Waals surface area contributed by atoms with Gasteiger partial charge >= 0.3 is 0 Å². The van der Waals surface area contributed by atoms with Crippen LogP contribution in [0.1, 0.15) is 30.1 Å². The maximum Gasteiger partial charge on any atom is 0.244 e. The number of sulfonamides is 1. The SMILES string of the molecule is Cn1cccc1[C@H]1CCCN1CC(=O)N1CCN(S(=O)(=O)c2ccccc2C#N)CC1. The first-order valence-electron chi connectivity index (χ1n) is 10.5. The van der Waals surface area contributed by atoms with Crippen LogP contribution < -0.4 is 0 Å². The number of carbonyl (C=O) groups is 1. The molecule has 9 heteroatoms. The molecule has 2 fully saturated rings. The summed E-state index contributed by atoms with van der Waals surface area (Å²) in [5, 5.41) is 9.25. The van der Waals surface area contributed by atoms with Gasteiger partial charge < -0.3 is 9.47 Å². The summed E-state index contributed by atoms with van der Waals surface area (Å²) in [5.74, 6) is 0.0376. The van der Waals surface area contributed by atoms with E-state index in [1.54, 1.807) is 17.0 Å². The summed E-state index contributed by atoms with van der Waals surface area (Å²) < 4.78 is 29.5. The highest BCUT2D eigenvalue weighted by atomic mass is 32.2. The fourth-order valence-corrected chi connectivity index (χ4v) is 6.11. The Labute approximate surface area is 183 Å². The number of benzene rings is 1. The largest absolute Gasteiger partial charge is 0.353 e. The van der Waals surface area contributed by atoms with Gasteiger partial charge in [-0.25, -0.2) is 8.42 Å². The third-order valence-electron chi connectivity index (χ3n) is 6.24. The van der Waals surface area contributed by atoms with Crippen molar-refractivity contribution in [3.8, 4) is 6.07 Å². The molecule has 0 unspecified atom stereocenters. The van der Waals surface area contributed by atoms with Crippen LogP contribution in [0.25, 0.3) is 0 Å². The second-order valence-corrected chi connectivity index (χ2v) is 9.97. The zero-order valence-electron chi connectivity index (χ0n) is 17.6. The molecule has 0 N–H and O–H groups in total. The van der Waals surface area contributed by atoms with Crippen molar-refractivity contribution in [2.24, 2.45) is 7.05 Å². The summed E-state index contributed by atoms with van der Waals surface area (Å²) in [6.45, 7) is 2.41. The third-order valence-corrected chi connectivity index (χ3v) is 8.20. The Morgan fingerprint density at radius 1 is 1.10 bits per heavy atom. The number of piperazine rings is 1. The lowest BCUT2D eigenvalue weighted by atomic mass is 10.1. The van der Waals surface area contributed by atoms with Crippen molar-refractivity contribution in [1.82, 2.24) is 18.7 Å². The average Bonchev–Trinajstić information content (AvgIpc) is 3.41. The number of likely N-dealkylation sites (tertiary alicyclic amines) is 1. The van der Waals surface area contributed by atoms with E-state index in [2.05, 4.69) is 15.5 Å². The lowest BCUT2D eigenvalue weighted by Crippen LogP contribution is -2.52. The second kappa shape index (κ2) is 8.83. The van der Waals surface area contributed by atoms with E-state index >= 15 is 0 Å². The molecular weight excluding hydrogens is 414 g/mol. The number of rotatable bonds is 5. The van der Waals surface area contributed by atoms with E-state index < -0.39 is 10.0 Å². The standard InChI is InChI=1S/C22H27N5O3S/c1-24-10-4-7-19(24)20-8-5-11-26(20)17-22(28)25-12-14-27(15-13-25)31(29,30)21-9-3-2-6-18(21)16-23/h2-4,6-7,9-10,20H,5,8,11-15,17H2,1H3/t20-/m1/s1. The molecule has 2 aliphatic heterocycles. The van der Waals surface area contributed by atoms with Crippen molar-refractivity contribution in [3.63, 3.8) is 0 Å². The molecular formula is C22H27N5O3S. The van der Waals surface area contributed by atoms with Gasteiger partial charge in [0.05, 0.1) is 23.0 Å². The van der Waals surface area contributed by atoms with Crippen molar-refractivity contribution in [1.29, 1.82) is 5.26 Å². The minimum atomic E-state index is -3.76. The minimum Gasteiger partial charge on any atom is -0.353 e. The number of hydrogen-bond donors (Lipinski definition) is 0. The summed E-state index contributed by atoms with van der Waals surface area (Å²) in [6.07, 6.45) is 4.13. The smallest absolute Gasteiger partial charge is 0.244 e. The average molecular weight is 442 g/mol. The monoisotopic (exact) mass is 441 g/mol. The molecule has 31 heavy (non-hydrogen) atoms. The van der Waals surface area contributed by atoms with Gasteiger partial charge in [0.2, 0.25) is 15.9 Å². The molecule has 4 rings (SSSR count). The number of amides is 1. The molecule has 1 aromatic carbocycles. The van der Waals surface area contributed by atoms with Crippen molar-refractivity contribution in [3.05, 3.63) is 53.9 Å². The van der Waals surface area contributed by atoms with Crippen LogP contribution in [0.2, 0.25) is 0 Å². The summed E-state index contributed by atoms with van der Waals surface area (Å²) in [7, 11) is -1.73. The van der Waals surface area contributed by atoms with Crippen LogP contribution in [0.15, 0.2) is 47.5 Å². The van der Waals surface area contributed by atoms with Crippen LogP contribution in [0.5, 0.6) is 0 Å². The molecule has 0 saturated carbocycles. The molecule has 1 amide bonds. The zero-order valence-corrected chi connectivity index (χ0v) is 18.5. The van der Waals surface area contributed by atoms with Gasteiger partial charge in [-0.3, -0.25) is 9.69 Å². The molecule has 2 saturated heterocycles. The molecule has 3 heterocycles. The number of nitriles is 1. The second-order valence-electron chi connectivity index (χ2n) is 8.07. The van der Waals surface area contributed by atoms with E-state index in [1.165, 1.54) is 22.1 Å². The predicted octanol–water partition coefficient (Wildman–Crippen LogP) is 1.57. The molecule has 1 atom stereocenters. The zero-order chi connectivity index (χ0) is 22.0. The minimum absolute atomic E-state index is 0.0275. The first-order chi connectivity index (χ1) is 14.9. The molecule has 2 aromatic rings. The van der Waals surface area contributed by atoms with Crippen LogP contribution in [0, 0.1) is 11.3 Å². The van der Waals surface area contributed by atoms with E-state index in [9.17, 15) is 18.5 Å². The van der Waals surface area contributed by atoms with Gasteiger partial charge in [0, 0.05) is 45.1 Å². The highest BCUT2D eigenvalue weighted by Crippen LogP contribution is 2.31. The Morgan fingerprint density at radius 3 is 2.52 bits per heavy atom. The van der Waals surface area contributed by atoms with Gasteiger partial charge in [0.25, 0.3) is 0 Å². The first kappa shape index (κ1) is 21.6. The summed E-state index contributed by atoms with van der Waals surface area (Å²) in [4.78, 5) is 17.0. The highest BCUT2D eigenvalue weighted by molar-refractivity contribution is 7.89. The van der Waals surface area contributed by atoms with Crippen molar-refractivity contribution >= 4 is 15.9 Å². The van der Waals surface area contributed by atoms with Crippen LogP contribution in [0.3, 0.4) is 0 Å². The Bertz CT molecular complexity index is 1100. The predicted molar refractivity (Wildman–Crippen MR) is 115 cm³/mol. The van der Waals surface area contributed by atoms with Gasteiger partial charge in [-0.2, -0.15) is 9.57 Å². The fraction of sp³-hybridized carbons (Fsp3) is 0.455.